The van der Waals surface area contributed by atoms with E-state index in [0.29, 0.717) is 19.0 Å². The van der Waals surface area contributed by atoms with Crippen LogP contribution in [0.15, 0.2) is 23.1 Å². The number of hydrogen-bond acceptors (Lipinski definition) is 3. The zero-order valence-electron chi connectivity index (χ0n) is 11.8. The first kappa shape index (κ1) is 15.9. The lowest BCUT2D eigenvalue weighted by Crippen LogP contribution is -2.32. The first-order valence-corrected chi connectivity index (χ1v) is 8.29. The molecule has 21 heavy (non-hydrogen) atoms. The molecule has 0 radical (unpaired) electrons. The van der Waals surface area contributed by atoms with Crippen LogP contribution >= 0.6 is 0 Å². The van der Waals surface area contributed by atoms with Crippen molar-refractivity contribution in [3.8, 4) is 0 Å². The highest BCUT2D eigenvalue weighted by atomic mass is 32.2. The van der Waals surface area contributed by atoms with Crippen LogP contribution in [0, 0.1) is 11.7 Å². The third-order valence-electron chi connectivity index (χ3n) is 3.77. The number of hydrogen-bond donors (Lipinski definition) is 1. The van der Waals surface area contributed by atoms with Gasteiger partial charge >= 0.3 is 5.97 Å². The average Bonchev–Trinajstić information content (AvgIpc) is 2.63. The fraction of sp³-hybridized carbons (Fsp3) is 0.500. The highest BCUT2D eigenvalue weighted by Crippen LogP contribution is 2.25. The van der Waals surface area contributed by atoms with Gasteiger partial charge in [-0.05, 0) is 43.4 Å². The zero-order chi connectivity index (χ0) is 15.6. The van der Waals surface area contributed by atoms with E-state index >= 15 is 0 Å². The number of halogens is 1. The summed E-state index contributed by atoms with van der Waals surface area (Å²) < 4.78 is 40.2. The average molecular weight is 315 g/mol. The first-order chi connectivity index (χ1) is 9.82. The largest absolute Gasteiger partial charge is 0.478 e. The Bertz CT molecular complexity index is 644. The van der Waals surface area contributed by atoms with Gasteiger partial charge in [0.15, 0.2) is 0 Å². The van der Waals surface area contributed by atoms with Gasteiger partial charge < -0.3 is 5.11 Å². The van der Waals surface area contributed by atoms with Crippen LogP contribution in [0.2, 0.25) is 0 Å². The smallest absolute Gasteiger partial charge is 0.335 e. The van der Waals surface area contributed by atoms with Crippen LogP contribution in [0.5, 0.6) is 0 Å². The molecule has 116 valence electrons. The Hall–Kier alpha value is -1.47. The van der Waals surface area contributed by atoms with E-state index in [2.05, 4.69) is 6.92 Å². The minimum atomic E-state index is -3.92. The summed E-state index contributed by atoms with van der Waals surface area (Å²) in [5, 5.41) is 8.79. The van der Waals surface area contributed by atoms with Crippen molar-refractivity contribution < 1.29 is 22.7 Å². The molecule has 1 saturated heterocycles. The third-order valence-corrected chi connectivity index (χ3v) is 5.70. The molecule has 7 heteroatoms. The third kappa shape index (κ3) is 3.41. The molecule has 0 saturated carbocycles. The summed E-state index contributed by atoms with van der Waals surface area (Å²) in [5.41, 5.74) is -0.268. The van der Waals surface area contributed by atoms with Gasteiger partial charge in [-0.3, -0.25) is 0 Å². The fourth-order valence-electron chi connectivity index (χ4n) is 2.46. The SMILES string of the molecule is CC1CCCN(S(=O)(=O)c2ccc(C(=O)O)cc2F)CC1. The Morgan fingerprint density at radius 3 is 2.67 bits per heavy atom. The predicted octanol–water partition coefficient (Wildman–Crippen LogP) is 2.33. The first-order valence-electron chi connectivity index (χ1n) is 6.85. The minimum absolute atomic E-state index is 0.268. The molecule has 1 aromatic rings. The van der Waals surface area contributed by atoms with Crippen molar-refractivity contribution in [1.82, 2.24) is 4.31 Å². The quantitative estimate of drug-likeness (QED) is 0.929. The molecule has 0 aromatic heterocycles. The Morgan fingerprint density at radius 2 is 2.05 bits per heavy atom. The number of rotatable bonds is 3. The van der Waals surface area contributed by atoms with Crippen LogP contribution in [0.4, 0.5) is 4.39 Å². The van der Waals surface area contributed by atoms with E-state index in [1.54, 1.807) is 0 Å². The molecular weight excluding hydrogens is 297 g/mol. The Labute approximate surface area is 123 Å². The Morgan fingerprint density at radius 1 is 1.33 bits per heavy atom. The molecule has 5 nitrogen and oxygen atoms in total. The van der Waals surface area contributed by atoms with E-state index in [1.165, 1.54) is 4.31 Å². The van der Waals surface area contributed by atoms with Crippen molar-refractivity contribution in [2.75, 3.05) is 13.1 Å². The van der Waals surface area contributed by atoms with Crippen molar-refractivity contribution in [3.05, 3.63) is 29.6 Å². The maximum absolute atomic E-state index is 14.0. The minimum Gasteiger partial charge on any atom is -0.478 e. The molecule has 1 heterocycles. The van der Waals surface area contributed by atoms with E-state index < -0.39 is 26.7 Å². The van der Waals surface area contributed by atoms with Gasteiger partial charge in [0.25, 0.3) is 0 Å². The topological polar surface area (TPSA) is 74.7 Å². The number of carbonyl (C=O) groups is 1. The van der Waals surface area contributed by atoms with E-state index in [4.69, 9.17) is 5.11 Å². The number of sulfonamides is 1. The van der Waals surface area contributed by atoms with Crippen LogP contribution in [0.1, 0.15) is 36.5 Å². The van der Waals surface area contributed by atoms with Gasteiger partial charge in [-0.1, -0.05) is 6.92 Å². The second kappa shape index (κ2) is 6.11. The molecule has 1 atom stereocenters. The summed E-state index contributed by atoms with van der Waals surface area (Å²) in [4.78, 5) is 10.3. The molecule has 1 unspecified atom stereocenters. The zero-order valence-corrected chi connectivity index (χ0v) is 12.6. The van der Waals surface area contributed by atoms with Crippen LogP contribution in [0.3, 0.4) is 0 Å². The maximum Gasteiger partial charge on any atom is 0.335 e. The van der Waals surface area contributed by atoms with Crippen molar-refractivity contribution in [3.63, 3.8) is 0 Å². The predicted molar refractivity (Wildman–Crippen MR) is 75.1 cm³/mol. The van der Waals surface area contributed by atoms with Crippen LogP contribution < -0.4 is 0 Å². The van der Waals surface area contributed by atoms with Gasteiger partial charge in [0.05, 0.1) is 5.56 Å². The van der Waals surface area contributed by atoms with Crippen molar-refractivity contribution >= 4 is 16.0 Å². The van der Waals surface area contributed by atoms with Gasteiger partial charge in [-0.2, -0.15) is 4.31 Å². The monoisotopic (exact) mass is 315 g/mol. The Balaban J connectivity index is 2.33. The normalized spacial score (nSPS) is 21.0. The van der Waals surface area contributed by atoms with Crippen molar-refractivity contribution in [1.29, 1.82) is 0 Å². The van der Waals surface area contributed by atoms with Crippen LogP contribution in [-0.4, -0.2) is 36.9 Å². The molecule has 1 aromatic carbocycles. The molecule has 2 rings (SSSR count). The molecule has 0 spiro atoms. The summed E-state index contributed by atoms with van der Waals surface area (Å²) in [6.45, 7) is 2.80. The van der Waals surface area contributed by atoms with E-state index in [1.807, 2.05) is 0 Å². The number of aromatic carboxylic acids is 1. The highest BCUT2D eigenvalue weighted by Gasteiger charge is 2.29. The fourth-order valence-corrected chi connectivity index (χ4v) is 4.00. The van der Waals surface area contributed by atoms with Gasteiger partial charge in [0.1, 0.15) is 10.7 Å². The lowest BCUT2D eigenvalue weighted by atomic mass is 10.0. The molecule has 1 N–H and O–H groups in total. The molecule has 1 aliphatic rings. The second-order valence-electron chi connectivity index (χ2n) is 5.39. The van der Waals surface area contributed by atoms with Crippen molar-refractivity contribution in [2.45, 2.75) is 31.1 Å². The Kier molecular flexibility index (Phi) is 4.63. The second-order valence-corrected chi connectivity index (χ2v) is 7.30. The summed E-state index contributed by atoms with van der Waals surface area (Å²) in [6.07, 6.45) is 2.44. The lowest BCUT2D eigenvalue weighted by Gasteiger charge is -2.20. The standard InChI is InChI=1S/C14H18FNO4S/c1-10-3-2-7-16(8-6-10)21(19,20)13-5-4-11(14(17)18)9-12(13)15/h4-5,9-10H,2-3,6-8H2,1H3,(H,17,18). The number of benzene rings is 1. The van der Waals surface area contributed by atoms with E-state index in [9.17, 15) is 17.6 Å². The summed E-state index contributed by atoms with van der Waals surface area (Å²) in [7, 11) is -3.92. The number of nitrogens with zero attached hydrogens (tertiary/aromatic N) is 1. The van der Waals surface area contributed by atoms with Gasteiger partial charge in [0, 0.05) is 13.1 Å². The molecule has 0 amide bonds. The highest BCUT2D eigenvalue weighted by molar-refractivity contribution is 7.89. The lowest BCUT2D eigenvalue weighted by molar-refractivity contribution is 0.0696. The molecule has 0 aliphatic carbocycles. The van der Waals surface area contributed by atoms with E-state index in [0.717, 1.165) is 37.5 Å². The molecular formula is C14H18FNO4S. The van der Waals surface area contributed by atoms with Crippen molar-refractivity contribution in [2.24, 2.45) is 5.92 Å². The van der Waals surface area contributed by atoms with E-state index in [-0.39, 0.29) is 5.56 Å². The maximum atomic E-state index is 14.0. The summed E-state index contributed by atoms with van der Waals surface area (Å²) in [6, 6.07) is 2.89. The van der Waals surface area contributed by atoms with Crippen LogP contribution in [0.25, 0.3) is 0 Å². The molecule has 1 aliphatic heterocycles. The number of carboxylic acid groups (broad SMARTS) is 1. The van der Waals surface area contributed by atoms with Gasteiger partial charge in [-0.15, -0.1) is 0 Å². The van der Waals surface area contributed by atoms with Gasteiger partial charge in [-0.25, -0.2) is 17.6 Å². The molecule has 0 bridgehead atoms. The summed E-state index contributed by atoms with van der Waals surface area (Å²) >= 11 is 0. The van der Waals surface area contributed by atoms with Crippen LogP contribution in [-0.2, 0) is 10.0 Å². The number of carboxylic acids is 1. The van der Waals surface area contributed by atoms with Gasteiger partial charge in [0.2, 0.25) is 10.0 Å². The summed E-state index contributed by atoms with van der Waals surface area (Å²) in [5.74, 6) is -1.86. The molecule has 1 fully saturated rings.